The van der Waals surface area contributed by atoms with Crippen LogP contribution < -0.4 is 4.74 Å². The highest BCUT2D eigenvalue weighted by molar-refractivity contribution is 6.32. The van der Waals surface area contributed by atoms with Gasteiger partial charge in [-0.1, -0.05) is 41.9 Å². The number of rotatable bonds is 6. The van der Waals surface area contributed by atoms with Crippen LogP contribution in [0.3, 0.4) is 0 Å². The van der Waals surface area contributed by atoms with Crippen LogP contribution in [-0.4, -0.2) is 16.1 Å². The Morgan fingerprint density at radius 3 is 2.61 bits per heavy atom. The number of aromatic carboxylic acids is 1. The highest BCUT2D eigenvalue weighted by Gasteiger charge is 2.11. The first-order valence-electron chi connectivity index (χ1n) is 9.26. The Labute approximate surface area is 182 Å². The largest absolute Gasteiger partial charge is 0.487 e. The number of allylic oxidation sites excluding steroid dienone is 1. The minimum atomic E-state index is -0.978. The van der Waals surface area contributed by atoms with Gasteiger partial charge in [0.15, 0.2) is 5.58 Å². The number of carboxylic acid groups (broad SMARTS) is 1. The van der Waals surface area contributed by atoms with Crippen LogP contribution in [0.5, 0.6) is 5.75 Å². The molecule has 0 bridgehead atoms. The number of halogens is 1. The lowest BCUT2D eigenvalue weighted by Gasteiger charge is -2.09. The van der Waals surface area contributed by atoms with E-state index in [1.807, 2.05) is 18.2 Å². The summed E-state index contributed by atoms with van der Waals surface area (Å²) in [5, 5.41) is 18.9. The molecule has 0 saturated heterocycles. The number of nitriles is 1. The van der Waals surface area contributed by atoms with Crippen molar-refractivity contribution in [1.29, 1.82) is 5.26 Å². The zero-order chi connectivity index (χ0) is 21.8. The van der Waals surface area contributed by atoms with Gasteiger partial charge in [0.25, 0.3) is 0 Å². The quantitative estimate of drug-likeness (QED) is 0.387. The number of oxazole rings is 1. The SMILES string of the molecule is N#C/C(=C\c1ccc(OCc2ccc(C(=O)O)cc2)c(Cl)c1)c1nc2ccccc2o1. The molecule has 0 spiro atoms. The first-order valence-corrected chi connectivity index (χ1v) is 9.63. The van der Waals surface area contributed by atoms with E-state index in [1.54, 1.807) is 42.5 Å². The number of hydrogen-bond donors (Lipinski definition) is 1. The number of hydrogen-bond acceptors (Lipinski definition) is 5. The minimum absolute atomic E-state index is 0.213. The third-order valence-electron chi connectivity index (χ3n) is 4.51. The Balaban J connectivity index is 1.50. The van der Waals surface area contributed by atoms with Gasteiger partial charge in [-0.2, -0.15) is 5.26 Å². The molecule has 1 N–H and O–H groups in total. The molecule has 3 aromatic carbocycles. The van der Waals surface area contributed by atoms with Gasteiger partial charge in [0.05, 0.1) is 10.6 Å². The van der Waals surface area contributed by atoms with E-state index in [2.05, 4.69) is 11.1 Å². The Morgan fingerprint density at radius 1 is 1.16 bits per heavy atom. The van der Waals surface area contributed by atoms with E-state index in [0.717, 1.165) is 5.56 Å². The van der Waals surface area contributed by atoms with Gasteiger partial charge in [-0.15, -0.1) is 0 Å². The van der Waals surface area contributed by atoms with Gasteiger partial charge in [0.2, 0.25) is 5.89 Å². The van der Waals surface area contributed by atoms with Gasteiger partial charge in [-0.3, -0.25) is 0 Å². The molecular formula is C24H15ClN2O4. The average Bonchev–Trinajstić information content (AvgIpc) is 3.21. The number of ether oxygens (including phenoxy) is 1. The van der Waals surface area contributed by atoms with Crippen molar-refractivity contribution in [2.45, 2.75) is 6.61 Å². The molecule has 0 aliphatic rings. The molecule has 6 nitrogen and oxygen atoms in total. The summed E-state index contributed by atoms with van der Waals surface area (Å²) in [6.07, 6.45) is 1.64. The normalized spacial score (nSPS) is 11.3. The summed E-state index contributed by atoms with van der Waals surface area (Å²) in [6, 6.07) is 21.0. The van der Waals surface area contributed by atoms with Crippen LogP contribution in [0, 0.1) is 11.3 Å². The van der Waals surface area contributed by atoms with E-state index < -0.39 is 5.97 Å². The van der Waals surface area contributed by atoms with Gasteiger partial charge in [0, 0.05) is 0 Å². The second-order valence-corrected chi connectivity index (χ2v) is 7.04. The summed E-state index contributed by atoms with van der Waals surface area (Å²) in [5.41, 5.74) is 3.29. The van der Waals surface area contributed by atoms with Crippen LogP contribution in [0.25, 0.3) is 22.7 Å². The Hall–Kier alpha value is -4.08. The van der Waals surface area contributed by atoms with Crippen LogP contribution in [0.1, 0.15) is 27.4 Å². The van der Waals surface area contributed by atoms with Crippen molar-refractivity contribution >= 4 is 40.3 Å². The van der Waals surface area contributed by atoms with E-state index in [1.165, 1.54) is 12.1 Å². The van der Waals surface area contributed by atoms with Crippen LogP contribution in [0.4, 0.5) is 0 Å². The van der Waals surface area contributed by atoms with Gasteiger partial charge >= 0.3 is 5.97 Å². The summed E-state index contributed by atoms with van der Waals surface area (Å²) in [6.45, 7) is 0.237. The number of carboxylic acids is 1. The predicted octanol–water partition coefficient (Wildman–Crippen LogP) is 5.82. The second kappa shape index (κ2) is 8.74. The summed E-state index contributed by atoms with van der Waals surface area (Å²) >= 11 is 6.35. The van der Waals surface area contributed by atoms with Crippen molar-refractivity contribution < 1.29 is 19.1 Å². The van der Waals surface area contributed by atoms with Gasteiger partial charge in [0.1, 0.15) is 29.5 Å². The molecule has 0 unspecified atom stereocenters. The summed E-state index contributed by atoms with van der Waals surface area (Å²) in [5.74, 6) is -0.264. The van der Waals surface area contributed by atoms with Crippen molar-refractivity contribution in [3.05, 3.63) is 94.3 Å². The van der Waals surface area contributed by atoms with Crippen molar-refractivity contribution in [2.24, 2.45) is 0 Å². The van der Waals surface area contributed by atoms with E-state index >= 15 is 0 Å². The second-order valence-electron chi connectivity index (χ2n) is 6.64. The number of nitrogens with zero attached hydrogens (tertiary/aromatic N) is 2. The third-order valence-corrected chi connectivity index (χ3v) is 4.80. The summed E-state index contributed by atoms with van der Waals surface area (Å²) in [4.78, 5) is 15.3. The maximum atomic E-state index is 10.9. The lowest BCUT2D eigenvalue weighted by molar-refractivity contribution is 0.0697. The molecule has 152 valence electrons. The molecule has 4 rings (SSSR count). The topological polar surface area (TPSA) is 96.3 Å². The lowest BCUT2D eigenvalue weighted by Crippen LogP contribution is -1.99. The molecule has 4 aromatic rings. The number of para-hydroxylation sites is 2. The van der Waals surface area contributed by atoms with Crippen LogP contribution in [0.15, 0.2) is 71.1 Å². The monoisotopic (exact) mass is 430 g/mol. The molecule has 0 atom stereocenters. The van der Waals surface area contributed by atoms with Gasteiger partial charge in [-0.05, 0) is 53.6 Å². The zero-order valence-corrected chi connectivity index (χ0v) is 16.8. The van der Waals surface area contributed by atoms with Crippen molar-refractivity contribution in [3.63, 3.8) is 0 Å². The fourth-order valence-corrected chi connectivity index (χ4v) is 3.17. The first-order chi connectivity index (χ1) is 15.0. The van der Waals surface area contributed by atoms with E-state index in [4.69, 9.17) is 25.9 Å². The Morgan fingerprint density at radius 2 is 1.94 bits per heavy atom. The Bertz CT molecular complexity index is 1300. The molecule has 0 aliphatic carbocycles. The number of carbonyl (C=O) groups is 1. The minimum Gasteiger partial charge on any atom is -0.487 e. The molecule has 1 heterocycles. The van der Waals surface area contributed by atoms with Gasteiger partial charge in [-0.25, -0.2) is 9.78 Å². The highest BCUT2D eigenvalue weighted by Crippen LogP contribution is 2.29. The highest BCUT2D eigenvalue weighted by atomic mass is 35.5. The number of aromatic nitrogens is 1. The molecule has 0 saturated carbocycles. The van der Waals surface area contributed by atoms with E-state index in [9.17, 15) is 10.1 Å². The Kier molecular flexibility index (Phi) is 5.69. The summed E-state index contributed by atoms with van der Waals surface area (Å²) in [7, 11) is 0. The maximum Gasteiger partial charge on any atom is 0.335 e. The average molecular weight is 431 g/mol. The van der Waals surface area contributed by atoms with E-state index in [-0.39, 0.29) is 23.6 Å². The molecule has 31 heavy (non-hydrogen) atoms. The van der Waals surface area contributed by atoms with Crippen molar-refractivity contribution in [2.75, 3.05) is 0 Å². The van der Waals surface area contributed by atoms with E-state index in [0.29, 0.717) is 27.4 Å². The van der Waals surface area contributed by atoms with Crippen molar-refractivity contribution in [3.8, 4) is 11.8 Å². The predicted molar refractivity (Wildman–Crippen MR) is 117 cm³/mol. The van der Waals surface area contributed by atoms with Crippen LogP contribution in [-0.2, 0) is 6.61 Å². The molecule has 0 aliphatic heterocycles. The first kappa shape index (κ1) is 20.2. The van der Waals surface area contributed by atoms with Gasteiger partial charge < -0.3 is 14.3 Å². The molecular weight excluding hydrogens is 416 g/mol. The molecule has 0 fully saturated rings. The molecule has 0 amide bonds. The maximum absolute atomic E-state index is 10.9. The summed E-state index contributed by atoms with van der Waals surface area (Å²) < 4.78 is 11.4. The molecule has 7 heteroatoms. The van der Waals surface area contributed by atoms with Crippen LogP contribution >= 0.6 is 11.6 Å². The molecule has 1 aromatic heterocycles. The fourth-order valence-electron chi connectivity index (χ4n) is 2.92. The smallest absolute Gasteiger partial charge is 0.335 e. The third kappa shape index (κ3) is 4.58. The van der Waals surface area contributed by atoms with Crippen molar-refractivity contribution in [1.82, 2.24) is 4.98 Å². The number of fused-ring (bicyclic) bond motifs is 1. The standard InChI is InChI=1S/C24H15ClN2O4/c25-19-12-16(11-18(13-26)23-27-20-3-1-2-4-22(20)31-23)7-10-21(19)30-14-15-5-8-17(9-6-15)24(28)29/h1-12H,14H2,(H,28,29)/b18-11+. The lowest BCUT2D eigenvalue weighted by atomic mass is 10.1. The zero-order valence-electron chi connectivity index (χ0n) is 16.1. The van der Waals surface area contributed by atoms with Crippen LogP contribution in [0.2, 0.25) is 5.02 Å². The molecule has 0 radical (unpaired) electrons. The number of benzene rings is 3. The fraction of sp³-hybridized carbons (Fsp3) is 0.0417.